The largest absolute Gasteiger partial charge is 0.572 e. The van der Waals surface area contributed by atoms with Crippen molar-refractivity contribution in [2.75, 3.05) is 7.11 Å². The fraction of sp³-hybridized carbons (Fsp3) is 0.778. The van der Waals surface area contributed by atoms with Gasteiger partial charge in [-0.1, -0.05) is 32.1 Å². The first-order chi connectivity index (χ1) is 6.56. The highest BCUT2D eigenvalue weighted by molar-refractivity contribution is 4.59. The van der Waals surface area contributed by atoms with Gasteiger partial charge in [-0.3, -0.25) is 0 Å². The van der Waals surface area contributed by atoms with Crippen molar-refractivity contribution in [2.24, 2.45) is 0 Å². The molecule has 1 fully saturated rings. The molecule has 0 spiro atoms. The van der Waals surface area contributed by atoms with Crippen LogP contribution in [0.2, 0.25) is 0 Å². The predicted octanol–water partition coefficient (Wildman–Crippen LogP) is 3.59. The van der Waals surface area contributed by atoms with Gasteiger partial charge in [0.25, 0.3) is 0 Å². The lowest BCUT2D eigenvalue weighted by Crippen LogP contribution is -2.08. The highest BCUT2D eigenvalue weighted by Crippen LogP contribution is 2.16. The monoisotopic (exact) mass is 212 g/mol. The summed E-state index contributed by atoms with van der Waals surface area (Å²) < 4.78 is 40.4. The van der Waals surface area contributed by atoms with Gasteiger partial charge < -0.3 is 9.47 Å². The molecule has 0 aromatic heterocycles. The van der Waals surface area contributed by atoms with Crippen LogP contribution in [0.5, 0.6) is 0 Å². The van der Waals surface area contributed by atoms with Crippen LogP contribution in [0, 0.1) is 0 Å². The van der Waals surface area contributed by atoms with E-state index in [1.807, 2.05) is 0 Å². The second-order valence-electron chi connectivity index (χ2n) is 2.84. The smallest absolute Gasteiger partial charge is 0.501 e. The molecule has 14 heavy (non-hydrogen) atoms. The third-order valence-corrected chi connectivity index (χ3v) is 1.64. The zero-order chi connectivity index (χ0) is 10.9. The lowest BCUT2D eigenvalue weighted by molar-refractivity contribution is -0.298. The minimum Gasteiger partial charge on any atom is -0.501 e. The fourth-order valence-electron chi connectivity index (χ4n) is 1.04. The van der Waals surface area contributed by atoms with Gasteiger partial charge in [-0.25, -0.2) is 0 Å². The summed E-state index contributed by atoms with van der Waals surface area (Å²) in [5.41, 5.74) is 0. The van der Waals surface area contributed by atoms with Gasteiger partial charge in [0.2, 0.25) is 0 Å². The van der Waals surface area contributed by atoms with Crippen LogP contribution in [0.3, 0.4) is 0 Å². The Morgan fingerprint density at radius 1 is 0.929 bits per heavy atom. The molecule has 0 bridgehead atoms. The maximum atomic E-state index is 11.0. The average molecular weight is 212 g/mol. The van der Waals surface area contributed by atoms with E-state index in [9.17, 15) is 13.2 Å². The van der Waals surface area contributed by atoms with Crippen molar-refractivity contribution in [1.29, 1.82) is 0 Å². The lowest BCUT2D eigenvalue weighted by atomic mass is 10.4. The quantitative estimate of drug-likeness (QED) is 0.651. The molecule has 0 saturated heterocycles. The molecular formula is C9H15F3O2. The molecule has 0 atom stereocenters. The number of alkyl halides is 3. The highest BCUT2D eigenvalue weighted by Gasteiger charge is 2.28. The van der Waals surface area contributed by atoms with Crippen molar-refractivity contribution < 1.29 is 22.6 Å². The molecule has 0 N–H and O–H groups in total. The van der Waals surface area contributed by atoms with Crippen LogP contribution < -0.4 is 0 Å². The lowest BCUT2D eigenvalue weighted by Gasteiger charge is -2.01. The van der Waals surface area contributed by atoms with Gasteiger partial charge in [-0.2, -0.15) is 0 Å². The number of methoxy groups -OCH3 is 1. The summed E-state index contributed by atoms with van der Waals surface area (Å²) in [5, 5.41) is 0. The van der Waals surface area contributed by atoms with E-state index in [1.165, 1.54) is 39.2 Å². The Hall–Kier alpha value is -0.870. The molecule has 0 aromatic rings. The highest BCUT2D eigenvalue weighted by atomic mass is 19.4. The average Bonchev–Trinajstić information content (AvgIpc) is 2.59. The van der Waals surface area contributed by atoms with Crippen LogP contribution in [0.4, 0.5) is 13.2 Å². The molecule has 2 nitrogen and oxygen atoms in total. The van der Waals surface area contributed by atoms with Gasteiger partial charge in [0.1, 0.15) is 12.5 Å². The fourth-order valence-corrected chi connectivity index (χ4v) is 1.04. The van der Waals surface area contributed by atoms with Crippen molar-refractivity contribution in [1.82, 2.24) is 0 Å². The van der Waals surface area contributed by atoms with Crippen molar-refractivity contribution in [3.05, 3.63) is 12.5 Å². The molecule has 5 heteroatoms. The Labute approximate surface area is 81.7 Å². The van der Waals surface area contributed by atoms with Crippen LogP contribution in [0.15, 0.2) is 12.5 Å². The SMILES string of the molecule is C1CCCC1.COC=COC(F)(F)F. The van der Waals surface area contributed by atoms with Crippen molar-refractivity contribution in [3.8, 4) is 0 Å². The van der Waals surface area contributed by atoms with Crippen molar-refractivity contribution >= 4 is 0 Å². The zero-order valence-electron chi connectivity index (χ0n) is 8.14. The Kier molecular flexibility index (Phi) is 7.06. The topological polar surface area (TPSA) is 18.5 Å². The minimum absolute atomic E-state index is 0.417. The third-order valence-electron chi connectivity index (χ3n) is 1.64. The van der Waals surface area contributed by atoms with E-state index < -0.39 is 6.36 Å². The first kappa shape index (κ1) is 13.1. The molecule has 0 radical (unpaired) electrons. The maximum Gasteiger partial charge on any atom is 0.572 e. The number of hydrogen-bond acceptors (Lipinski definition) is 2. The van der Waals surface area contributed by atoms with Crippen molar-refractivity contribution in [2.45, 2.75) is 38.5 Å². The maximum absolute atomic E-state index is 11.0. The molecule has 0 heterocycles. The van der Waals surface area contributed by atoms with Gasteiger partial charge in [0.15, 0.2) is 0 Å². The van der Waals surface area contributed by atoms with Crippen LogP contribution >= 0.6 is 0 Å². The van der Waals surface area contributed by atoms with Gasteiger partial charge in [0.05, 0.1) is 7.11 Å². The number of halogens is 3. The Morgan fingerprint density at radius 3 is 1.64 bits per heavy atom. The molecule has 0 aliphatic heterocycles. The molecule has 0 aromatic carbocycles. The van der Waals surface area contributed by atoms with Crippen LogP contribution in [-0.2, 0) is 9.47 Å². The van der Waals surface area contributed by atoms with Gasteiger partial charge in [0, 0.05) is 0 Å². The van der Waals surface area contributed by atoms with Gasteiger partial charge in [-0.05, 0) is 0 Å². The van der Waals surface area contributed by atoms with Crippen LogP contribution in [0.1, 0.15) is 32.1 Å². The Balaban J connectivity index is 0.000000280. The summed E-state index contributed by atoms with van der Waals surface area (Å²) >= 11 is 0. The standard InChI is InChI=1S/C5H10.C4H5F3O2/c1-2-4-5-3-1;1-8-2-3-9-4(5,6)7/h1-5H2;2-3H,1H3. The number of rotatable bonds is 2. The van der Waals surface area contributed by atoms with E-state index in [0.717, 1.165) is 6.26 Å². The van der Waals surface area contributed by atoms with E-state index in [2.05, 4.69) is 9.47 Å². The van der Waals surface area contributed by atoms with Gasteiger partial charge >= 0.3 is 6.36 Å². The summed E-state index contributed by atoms with van der Waals surface area (Å²) in [7, 11) is 1.22. The number of ether oxygens (including phenoxy) is 2. The molecule has 84 valence electrons. The minimum atomic E-state index is -4.62. The third kappa shape index (κ3) is 11.1. The molecule has 0 unspecified atom stereocenters. The summed E-state index contributed by atoms with van der Waals surface area (Å²) in [4.78, 5) is 0. The summed E-state index contributed by atoms with van der Waals surface area (Å²) in [6.45, 7) is 0. The van der Waals surface area contributed by atoms with E-state index >= 15 is 0 Å². The van der Waals surface area contributed by atoms with Crippen molar-refractivity contribution in [3.63, 3.8) is 0 Å². The second kappa shape index (κ2) is 7.53. The predicted molar refractivity (Wildman–Crippen MR) is 46.4 cm³/mol. The number of hydrogen-bond donors (Lipinski definition) is 0. The Morgan fingerprint density at radius 2 is 1.36 bits per heavy atom. The first-order valence-corrected chi connectivity index (χ1v) is 4.48. The molecule has 1 aliphatic carbocycles. The molecule has 0 amide bonds. The summed E-state index contributed by atoms with van der Waals surface area (Å²) in [5.74, 6) is 0. The molecule has 1 aliphatic rings. The molecule has 1 saturated carbocycles. The summed E-state index contributed by atoms with van der Waals surface area (Å²) in [6.07, 6.45) is 4.09. The molecular weight excluding hydrogens is 197 g/mol. The van der Waals surface area contributed by atoms with E-state index in [-0.39, 0.29) is 0 Å². The van der Waals surface area contributed by atoms with E-state index in [0.29, 0.717) is 6.26 Å². The summed E-state index contributed by atoms with van der Waals surface area (Å²) in [6, 6.07) is 0. The first-order valence-electron chi connectivity index (χ1n) is 4.48. The van der Waals surface area contributed by atoms with Gasteiger partial charge in [-0.15, -0.1) is 13.2 Å². The second-order valence-corrected chi connectivity index (χ2v) is 2.84. The zero-order valence-corrected chi connectivity index (χ0v) is 8.14. The van der Waals surface area contributed by atoms with E-state index in [1.54, 1.807) is 0 Å². The van der Waals surface area contributed by atoms with Crippen LogP contribution in [0.25, 0.3) is 0 Å². The Bertz CT molecular complexity index is 143. The van der Waals surface area contributed by atoms with E-state index in [4.69, 9.17) is 0 Å². The van der Waals surface area contributed by atoms with Crippen LogP contribution in [-0.4, -0.2) is 13.5 Å². The molecule has 1 rings (SSSR count). The normalized spacial score (nSPS) is 16.3.